The van der Waals surface area contributed by atoms with Crippen molar-refractivity contribution < 1.29 is 9.32 Å². The minimum absolute atomic E-state index is 0.0807. The minimum atomic E-state index is -0.204. The maximum Gasteiger partial charge on any atom is 0.273 e. The van der Waals surface area contributed by atoms with Gasteiger partial charge in [0, 0.05) is 37.3 Å². The molecule has 0 radical (unpaired) electrons. The van der Waals surface area contributed by atoms with E-state index in [4.69, 9.17) is 4.52 Å². The third-order valence-corrected chi connectivity index (χ3v) is 4.37. The number of anilines is 1. The van der Waals surface area contributed by atoms with E-state index in [1.807, 2.05) is 13.8 Å². The van der Waals surface area contributed by atoms with Gasteiger partial charge in [-0.1, -0.05) is 19.0 Å². The van der Waals surface area contributed by atoms with Crippen LogP contribution in [-0.4, -0.2) is 35.2 Å². The van der Waals surface area contributed by atoms with Crippen molar-refractivity contribution in [3.63, 3.8) is 0 Å². The van der Waals surface area contributed by atoms with Crippen LogP contribution in [0.5, 0.6) is 0 Å². The van der Waals surface area contributed by atoms with Crippen LogP contribution in [0.1, 0.15) is 54.4 Å². The molecule has 3 heterocycles. The highest BCUT2D eigenvalue weighted by molar-refractivity contribution is 5.92. The van der Waals surface area contributed by atoms with E-state index in [-0.39, 0.29) is 17.9 Å². The van der Waals surface area contributed by atoms with Crippen LogP contribution < -0.4 is 10.2 Å². The predicted molar refractivity (Wildman–Crippen MR) is 92.2 cm³/mol. The number of nitriles is 1. The standard InChI is InChI=1S/C18H21N5O2/c1-12(2)16-10-15(22-25-16)18(24)21-14-5-8-23(9-6-14)17-13(11-19)4-3-7-20-17/h3-4,7,10,12,14H,5-6,8-9H2,1-2H3,(H,21,24). The molecule has 7 nitrogen and oxygen atoms in total. The molecule has 0 atom stereocenters. The Morgan fingerprint density at radius 2 is 2.20 bits per heavy atom. The smallest absolute Gasteiger partial charge is 0.273 e. The quantitative estimate of drug-likeness (QED) is 0.919. The lowest BCUT2D eigenvalue weighted by Gasteiger charge is -2.33. The Morgan fingerprint density at radius 1 is 1.44 bits per heavy atom. The van der Waals surface area contributed by atoms with E-state index in [1.54, 1.807) is 24.4 Å². The first-order chi connectivity index (χ1) is 12.1. The van der Waals surface area contributed by atoms with Gasteiger partial charge in [-0.3, -0.25) is 4.79 Å². The van der Waals surface area contributed by atoms with E-state index in [1.165, 1.54) is 0 Å². The van der Waals surface area contributed by atoms with Crippen LogP contribution in [0.3, 0.4) is 0 Å². The first kappa shape index (κ1) is 17.0. The largest absolute Gasteiger partial charge is 0.360 e. The Balaban J connectivity index is 1.57. The number of nitrogens with one attached hydrogen (secondary N) is 1. The molecular weight excluding hydrogens is 318 g/mol. The summed E-state index contributed by atoms with van der Waals surface area (Å²) in [6.07, 6.45) is 3.28. The second kappa shape index (κ2) is 7.34. The number of pyridine rings is 1. The van der Waals surface area contributed by atoms with Gasteiger partial charge in [0.15, 0.2) is 5.69 Å². The Labute approximate surface area is 146 Å². The first-order valence-electron chi connectivity index (χ1n) is 8.46. The molecule has 1 aliphatic heterocycles. The van der Waals surface area contributed by atoms with Crippen LogP contribution in [0.2, 0.25) is 0 Å². The number of amides is 1. The summed E-state index contributed by atoms with van der Waals surface area (Å²) in [4.78, 5) is 18.7. The second-order valence-corrected chi connectivity index (χ2v) is 6.49. The van der Waals surface area contributed by atoms with Gasteiger partial charge in [-0.2, -0.15) is 5.26 Å². The first-order valence-corrected chi connectivity index (χ1v) is 8.46. The van der Waals surface area contributed by atoms with Crippen molar-refractivity contribution in [1.29, 1.82) is 5.26 Å². The zero-order valence-electron chi connectivity index (χ0n) is 14.4. The van der Waals surface area contributed by atoms with Gasteiger partial charge in [0.05, 0.1) is 5.56 Å². The monoisotopic (exact) mass is 339 g/mol. The average molecular weight is 339 g/mol. The number of nitrogens with zero attached hydrogens (tertiary/aromatic N) is 4. The van der Waals surface area contributed by atoms with E-state index in [0.29, 0.717) is 22.8 Å². The molecule has 1 aliphatic rings. The number of carbonyl (C=O) groups excluding carboxylic acids is 1. The highest BCUT2D eigenvalue weighted by atomic mass is 16.5. The summed E-state index contributed by atoms with van der Waals surface area (Å²) in [5, 5.41) is 16.1. The predicted octanol–water partition coefficient (Wildman–Crippen LogP) is 2.46. The molecule has 1 N–H and O–H groups in total. The molecular formula is C18H21N5O2. The van der Waals surface area contributed by atoms with Gasteiger partial charge in [0.2, 0.25) is 0 Å². The summed E-state index contributed by atoms with van der Waals surface area (Å²) < 4.78 is 5.18. The number of rotatable bonds is 4. The third-order valence-electron chi connectivity index (χ3n) is 4.37. The van der Waals surface area contributed by atoms with Crippen molar-refractivity contribution in [3.05, 3.63) is 41.4 Å². The van der Waals surface area contributed by atoms with Gasteiger partial charge >= 0.3 is 0 Å². The van der Waals surface area contributed by atoms with Crippen LogP contribution in [0.4, 0.5) is 5.82 Å². The maximum atomic E-state index is 12.3. The van der Waals surface area contributed by atoms with Gasteiger partial charge in [-0.15, -0.1) is 0 Å². The SMILES string of the molecule is CC(C)c1cc(C(=O)NC2CCN(c3ncccc3C#N)CC2)no1. The molecule has 1 amide bonds. The van der Waals surface area contributed by atoms with Crippen LogP contribution in [0, 0.1) is 11.3 Å². The van der Waals surface area contributed by atoms with E-state index in [9.17, 15) is 10.1 Å². The fraction of sp³-hybridized carbons (Fsp3) is 0.444. The van der Waals surface area contributed by atoms with Crippen LogP contribution in [-0.2, 0) is 0 Å². The molecule has 0 bridgehead atoms. The Morgan fingerprint density at radius 3 is 2.84 bits per heavy atom. The Kier molecular flexibility index (Phi) is 4.98. The normalized spacial score (nSPS) is 15.2. The minimum Gasteiger partial charge on any atom is -0.360 e. The molecule has 3 rings (SSSR count). The molecule has 0 aromatic carbocycles. The lowest BCUT2D eigenvalue weighted by atomic mass is 10.0. The summed E-state index contributed by atoms with van der Waals surface area (Å²) in [5.41, 5.74) is 0.899. The number of hydrogen-bond donors (Lipinski definition) is 1. The summed E-state index contributed by atoms with van der Waals surface area (Å²) in [6, 6.07) is 7.49. The van der Waals surface area contributed by atoms with E-state index in [2.05, 4.69) is 26.4 Å². The molecule has 7 heteroatoms. The summed E-state index contributed by atoms with van der Waals surface area (Å²) in [7, 11) is 0. The van der Waals surface area contributed by atoms with Gasteiger partial charge in [-0.25, -0.2) is 4.98 Å². The summed E-state index contributed by atoms with van der Waals surface area (Å²) >= 11 is 0. The second-order valence-electron chi connectivity index (χ2n) is 6.49. The van der Waals surface area contributed by atoms with Crippen molar-refractivity contribution in [2.75, 3.05) is 18.0 Å². The van der Waals surface area contributed by atoms with Crippen molar-refractivity contribution in [2.45, 2.75) is 38.6 Å². The van der Waals surface area contributed by atoms with Gasteiger partial charge in [0.1, 0.15) is 17.6 Å². The van der Waals surface area contributed by atoms with Crippen molar-refractivity contribution in [1.82, 2.24) is 15.5 Å². The zero-order valence-corrected chi connectivity index (χ0v) is 14.4. The molecule has 0 spiro atoms. The molecule has 0 saturated carbocycles. The van der Waals surface area contributed by atoms with Crippen molar-refractivity contribution in [2.24, 2.45) is 0 Å². The van der Waals surface area contributed by atoms with Crippen LogP contribution >= 0.6 is 0 Å². The maximum absolute atomic E-state index is 12.3. The van der Waals surface area contributed by atoms with E-state index < -0.39 is 0 Å². The molecule has 2 aromatic rings. The van der Waals surface area contributed by atoms with Gasteiger partial charge < -0.3 is 14.7 Å². The lowest BCUT2D eigenvalue weighted by molar-refractivity contribution is 0.0921. The summed E-state index contributed by atoms with van der Waals surface area (Å²) in [6.45, 7) is 5.47. The Hall–Kier alpha value is -2.88. The fourth-order valence-corrected chi connectivity index (χ4v) is 2.90. The fourth-order valence-electron chi connectivity index (χ4n) is 2.90. The molecule has 0 aliphatic carbocycles. The van der Waals surface area contributed by atoms with Crippen molar-refractivity contribution >= 4 is 11.7 Å². The highest BCUT2D eigenvalue weighted by Crippen LogP contribution is 2.21. The average Bonchev–Trinajstić information content (AvgIpc) is 3.13. The van der Waals surface area contributed by atoms with E-state index in [0.717, 1.165) is 25.9 Å². The van der Waals surface area contributed by atoms with Crippen LogP contribution in [0.25, 0.3) is 0 Å². The zero-order chi connectivity index (χ0) is 17.8. The topological polar surface area (TPSA) is 95.1 Å². The van der Waals surface area contributed by atoms with Gasteiger partial charge in [0.25, 0.3) is 5.91 Å². The highest BCUT2D eigenvalue weighted by Gasteiger charge is 2.24. The number of hydrogen-bond acceptors (Lipinski definition) is 6. The number of carbonyl (C=O) groups is 1. The molecule has 2 aromatic heterocycles. The summed E-state index contributed by atoms with van der Waals surface area (Å²) in [5.74, 6) is 1.42. The lowest BCUT2D eigenvalue weighted by Crippen LogP contribution is -2.45. The third kappa shape index (κ3) is 3.79. The molecule has 0 unspecified atom stereocenters. The molecule has 25 heavy (non-hydrogen) atoms. The number of piperidine rings is 1. The van der Waals surface area contributed by atoms with Gasteiger partial charge in [-0.05, 0) is 25.0 Å². The number of aromatic nitrogens is 2. The molecule has 1 saturated heterocycles. The van der Waals surface area contributed by atoms with Crippen LogP contribution in [0.15, 0.2) is 28.9 Å². The Bertz CT molecular complexity index is 785. The van der Waals surface area contributed by atoms with E-state index >= 15 is 0 Å². The molecule has 1 fully saturated rings. The van der Waals surface area contributed by atoms with Crippen molar-refractivity contribution in [3.8, 4) is 6.07 Å². The molecule has 130 valence electrons.